The second-order valence-electron chi connectivity index (χ2n) is 4.21. The number of amides is 1. The van der Waals surface area contributed by atoms with Gasteiger partial charge in [0.05, 0.1) is 5.41 Å². The molecule has 0 aromatic rings. The number of halogens is 2. The van der Waals surface area contributed by atoms with Crippen molar-refractivity contribution in [1.29, 1.82) is 0 Å². The first-order valence-corrected chi connectivity index (χ1v) is 5.49. The van der Waals surface area contributed by atoms with Crippen molar-refractivity contribution in [1.82, 2.24) is 0 Å². The molecule has 0 unspecified atom stereocenters. The van der Waals surface area contributed by atoms with Crippen LogP contribution in [-0.2, 0) is 4.79 Å². The third kappa shape index (κ3) is 1.59. The zero-order valence-electron chi connectivity index (χ0n) is 8.35. The molecule has 2 nitrogen and oxygen atoms in total. The van der Waals surface area contributed by atoms with Crippen molar-refractivity contribution in [3.63, 3.8) is 0 Å². The predicted molar refractivity (Wildman–Crippen MR) is 56.8 cm³/mol. The Morgan fingerprint density at radius 3 is 2.60 bits per heavy atom. The molecule has 2 N–H and O–H groups in total. The number of carbonyl (C=O) groups excluding carboxylic acids is 1. The van der Waals surface area contributed by atoms with Gasteiger partial charge in [0.15, 0.2) is 0 Å². The zero-order chi connectivity index (χ0) is 11.1. The van der Waals surface area contributed by atoms with Crippen LogP contribution in [0.25, 0.3) is 0 Å². The van der Waals surface area contributed by atoms with Gasteiger partial charge in [0.25, 0.3) is 0 Å². The van der Waals surface area contributed by atoms with Crippen LogP contribution < -0.4 is 5.73 Å². The smallest absolute Gasteiger partial charge is 0.228 e. The van der Waals surface area contributed by atoms with Crippen LogP contribution in [0.2, 0.25) is 0 Å². The second-order valence-corrected chi connectivity index (χ2v) is 4.67. The predicted octanol–water partition coefficient (Wildman–Crippen LogP) is 2.78. The maximum Gasteiger partial charge on any atom is 0.228 e. The molecule has 0 heterocycles. The van der Waals surface area contributed by atoms with Crippen molar-refractivity contribution in [2.45, 2.75) is 32.1 Å². The molecule has 82 valence electrons. The Morgan fingerprint density at radius 1 is 1.47 bits per heavy atom. The van der Waals surface area contributed by atoms with Gasteiger partial charge in [-0.05, 0) is 30.9 Å². The summed E-state index contributed by atoms with van der Waals surface area (Å²) in [5, 5.41) is 0.593. The van der Waals surface area contributed by atoms with Crippen LogP contribution in [0.1, 0.15) is 32.1 Å². The van der Waals surface area contributed by atoms with Crippen LogP contribution in [-0.4, -0.2) is 5.91 Å². The van der Waals surface area contributed by atoms with Crippen molar-refractivity contribution < 1.29 is 9.18 Å². The summed E-state index contributed by atoms with van der Waals surface area (Å²) in [5.41, 5.74) is 5.32. The lowest BCUT2D eigenvalue weighted by Crippen LogP contribution is -2.44. The molecular weight excluding hydrogens is 217 g/mol. The number of hydrogen-bond acceptors (Lipinski definition) is 1. The maximum atomic E-state index is 13.2. The molecule has 1 saturated carbocycles. The average molecular weight is 230 g/mol. The Kier molecular flexibility index (Phi) is 2.59. The molecule has 2 aliphatic carbocycles. The molecule has 0 atom stereocenters. The molecule has 0 aromatic carbocycles. The normalized spacial score (nSPS) is 24.5. The highest BCUT2D eigenvalue weighted by atomic mass is 35.5. The standard InChI is InChI=1S/C11H13ClFNO/c12-9-3-2-7(13)6-8(9)11(10(14)15)4-1-5-11/h6H,1-5H2,(H2,14,15). The summed E-state index contributed by atoms with van der Waals surface area (Å²) in [6.45, 7) is 0. The highest BCUT2D eigenvalue weighted by Gasteiger charge is 2.46. The topological polar surface area (TPSA) is 43.1 Å². The van der Waals surface area contributed by atoms with E-state index in [-0.39, 0.29) is 11.7 Å². The van der Waals surface area contributed by atoms with Gasteiger partial charge in [-0.1, -0.05) is 18.0 Å². The molecule has 0 bridgehead atoms. The summed E-state index contributed by atoms with van der Waals surface area (Å²) in [6, 6.07) is 0. The quantitative estimate of drug-likeness (QED) is 0.778. The summed E-state index contributed by atoms with van der Waals surface area (Å²) < 4.78 is 13.2. The molecule has 0 spiro atoms. The molecule has 4 heteroatoms. The van der Waals surface area contributed by atoms with Crippen molar-refractivity contribution in [3.8, 4) is 0 Å². The Balaban J connectivity index is 2.40. The third-order valence-electron chi connectivity index (χ3n) is 3.37. The number of hydrogen-bond donors (Lipinski definition) is 1. The van der Waals surface area contributed by atoms with Gasteiger partial charge in [0.1, 0.15) is 5.83 Å². The van der Waals surface area contributed by atoms with Crippen molar-refractivity contribution in [3.05, 3.63) is 22.5 Å². The maximum absolute atomic E-state index is 13.2. The third-order valence-corrected chi connectivity index (χ3v) is 3.76. The zero-order valence-corrected chi connectivity index (χ0v) is 9.11. The molecule has 0 saturated heterocycles. The van der Waals surface area contributed by atoms with Gasteiger partial charge in [0, 0.05) is 11.5 Å². The van der Waals surface area contributed by atoms with Crippen LogP contribution in [0.5, 0.6) is 0 Å². The van der Waals surface area contributed by atoms with Gasteiger partial charge in [-0.3, -0.25) is 4.79 Å². The summed E-state index contributed by atoms with van der Waals surface area (Å²) >= 11 is 6.05. The van der Waals surface area contributed by atoms with E-state index in [0.717, 1.165) is 6.42 Å². The minimum Gasteiger partial charge on any atom is -0.369 e. The Morgan fingerprint density at radius 2 is 2.13 bits per heavy atom. The first kappa shape index (κ1) is 10.7. The van der Waals surface area contributed by atoms with E-state index in [1.165, 1.54) is 6.08 Å². The summed E-state index contributed by atoms with van der Waals surface area (Å²) in [5.74, 6) is -0.588. The number of rotatable bonds is 2. The lowest BCUT2D eigenvalue weighted by atomic mass is 9.62. The van der Waals surface area contributed by atoms with E-state index in [2.05, 4.69) is 0 Å². The summed E-state index contributed by atoms with van der Waals surface area (Å²) in [6.07, 6.45) is 4.54. The molecule has 15 heavy (non-hydrogen) atoms. The van der Waals surface area contributed by atoms with E-state index >= 15 is 0 Å². The van der Waals surface area contributed by atoms with Gasteiger partial charge in [0.2, 0.25) is 5.91 Å². The fourth-order valence-electron chi connectivity index (χ4n) is 2.25. The van der Waals surface area contributed by atoms with E-state index in [4.69, 9.17) is 17.3 Å². The number of carbonyl (C=O) groups is 1. The van der Waals surface area contributed by atoms with Gasteiger partial charge < -0.3 is 5.73 Å². The minimum atomic E-state index is -0.686. The fraction of sp³-hybridized carbons (Fsp3) is 0.545. The summed E-state index contributed by atoms with van der Waals surface area (Å²) in [7, 11) is 0. The van der Waals surface area contributed by atoms with E-state index in [9.17, 15) is 9.18 Å². The molecule has 0 radical (unpaired) electrons. The second kappa shape index (κ2) is 3.63. The van der Waals surface area contributed by atoms with Crippen LogP contribution in [0, 0.1) is 5.41 Å². The SMILES string of the molecule is NC(=O)C1(C2=C(Cl)CCC(F)=C2)CCC1. The highest BCUT2D eigenvalue weighted by molar-refractivity contribution is 6.30. The Hall–Kier alpha value is -0.830. The molecule has 0 aliphatic heterocycles. The molecule has 1 amide bonds. The monoisotopic (exact) mass is 229 g/mol. The van der Waals surface area contributed by atoms with Crippen LogP contribution >= 0.6 is 11.6 Å². The van der Waals surface area contributed by atoms with Gasteiger partial charge in [-0.25, -0.2) is 4.39 Å². The van der Waals surface area contributed by atoms with Crippen molar-refractivity contribution >= 4 is 17.5 Å². The average Bonchev–Trinajstić information content (AvgIpc) is 2.08. The lowest BCUT2D eigenvalue weighted by Gasteiger charge is -2.41. The van der Waals surface area contributed by atoms with Gasteiger partial charge in [-0.15, -0.1) is 0 Å². The number of allylic oxidation sites excluding steroid dienone is 3. The van der Waals surface area contributed by atoms with E-state index in [1.807, 2.05) is 0 Å². The molecular formula is C11H13ClFNO. The molecule has 2 aliphatic rings. The van der Waals surface area contributed by atoms with Crippen molar-refractivity contribution in [2.75, 3.05) is 0 Å². The Bertz CT molecular complexity index is 369. The number of nitrogens with two attached hydrogens (primary N) is 1. The highest BCUT2D eigenvalue weighted by Crippen LogP contribution is 2.51. The lowest BCUT2D eigenvalue weighted by molar-refractivity contribution is -0.129. The van der Waals surface area contributed by atoms with Crippen LogP contribution in [0.4, 0.5) is 4.39 Å². The Labute approximate surface area is 93.0 Å². The fourth-order valence-corrected chi connectivity index (χ4v) is 2.58. The van der Waals surface area contributed by atoms with Gasteiger partial charge >= 0.3 is 0 Å². The van der Waals surface area contributed by atoms with E-state index in [1.54, 1.807) is 0 Å². The van der Waals surface area contributed by atoms with Gasteiger partial charge in [-0.2, -0.15) is 0 Å². The van der Waals surface area contributed by atoms with E-state index < -0.39 is 5.41 Å². The molecule has 1 fully saturated rings. The van der Waals surface area contributed by atoms with E-state index in [0.29, 0.717) is 36.3 Å². The van der Waals surface area contributed by atoms with Crippen molar-refractivity contribution in [2.24, 2.45) is 11.1 Å². The van der Waals surface area contributed by atoms with Crippen LogP contribution in [0.3, 0.4) is 0 Å². The first-order chi connectivity index (χ1) is 7.06. The number of primary amides is 1. The minimum absolute atomic E-state index is 0.207. The summed E-state index contributed by atoms with van der Waals surface area (Å²) in [4.78, 5) is 11.4. The molecule has 2 rings (SSSR count). The largest absolute Gasteiger partial charge is 0.369 e. The van der Waals surface area contributed by atoms with Crippen LogP contribution in [0.15, 0.2) is 22.5 Å². The first-order valence-electron chi connectivity index (χ1n) is 5.11. The molecule has 0 aromatic heterocycles.